The zero-order valence-corrected chi connectivity index (χ0v) is 15.5. The zero-order chi connectivity index (χ0) is 18.3. The molecule has 2 rings (SSSR count). The maximum atomic E-state index is 12.1. The lowest BCUT2D eigenvalue weighted by Gasteiger charge is -2.29. The number of ether oxygens (including phenoxy) is 4. The van der Waals surface area contributed by atoms with E-state index in [4.69, 9.17) is 18.9 Å². The number of carbonyl (C=O) groups is 1. The van der Waals surface area contributed by atoms with Crippen molar-refractivity contribution in [1.29, 1.82) is 0 Å². The average molecular weight is 351 g/mol. The summed E-state index contributed by atoms with van der Waals surface area (Å²) in [5, 5.41) is 2.79. The van der Waals surface area contributed by atoms with E-state index in [0.717, 1.165) is 6.42 Å². The molecule has 1 amide bonds. The Kier molecular flexibility index (Phi) is 6.67. The van der Waals surface area contributed by atoms with Crippen LogP contribution in [-0.2, 0) is 14.2 Å². The molecular formula is C19H29NO5. The van der Waals surface area contributed by atoms with E-state index in [1.54, 1.807) is 0 Å². The van der Waals surface area contributed by atoms with Crippen LogP contribution in [0.15, 0.2) is 30.3 Å². The summed E-state index contributed by atoms with van der Waals surface area (Å²) < 4.78 is 22.8. The smallest absolute Gasteiger partial charge is 0.410 e. The summed E-state index contributed by atoms with van der Waals surface area (Å²) in [4.78, 5) is 12.1. The van der Waals surface area contributed by atoms with Crippen LogP contribution in [0.25, 0.3) is 0 Å². The van der Waals surface area contributed by atoms with E-state index in [1.807, 2.05) is 58.0 Å². The van der Waals surface area contributed by atoms with E-state index < -0.39 is 23.7 Å². The monoisotopic (exact) mass is 351 g/mol. The van der Waals surface area contributed by atoms with Crippen LogP contribution in [0.1, 0.15) is 47.0 Å². The number of carbonyl (C=O) groups excluding carboxylic acids is 1. The summed E-state index contributed by atoms with van der Waals surface area (Å²) in [7, 11) is 0. The third-order valence-corrected chi connectivity index (χ3v) is 3.84. The van der Waals surface area contributed by atoms with Crippen molar-refractivity contribution in [3.05, 3.63) is 30.3 Å². The van der Waals surface area contributed by atoms with Crippen molar-refractivity contribution in [1.82, 2.24) is 5.32 Å². The van der Waals surface area contributed by atoms with Crippen molar-refractivity contribution in [2.75, 3.05) is 13.2 Å². The quantitative estimate of drug-likeness (QED) is 0.756. The molecule has 0 aromatic heterocycles. The standard InChI is InChI=1S/C19H29NO5/c1-5-19(22-13-14-23-19)12-11-16(20-17(21)25-18(2,3)4)24-15-9-7-6-8-10-15/h6-10,16H,5,11-14H2,1-4H3,(H,20,21). The first-order chi connectivity index (χ1) is 11.8. The SMILES string of the molecule is CCC1(CCC(NC(=O)OC(C)(C)C)Oc2ccccc2)OCCO1. The molecule has 0 spiro atoms. The number of para-hydroxylation sites is 1. The molecule has 0 bridgehead atoms. The average Bonchev–Trinajstić information content (AvgIpc) is 3.01. The van der Waals surface area contributed by atoms with Crippen LogP contribution in [0, 0.1) is 0 Å². The fourth-order valence-corrected chi connectivity index (χ4v) is 2.64. The van der Waals surface area contributed by atoms with Gasteiger partial charge in [-0.15, -0.1) is 0 Å². The number of nitrogens with one attached hydrogen (secondary N) is 1. The van der Waals surface area contributed by atoms with Gasteiger partial charge in [0.15, 0.2) is 12.0 Å². The molecule has 6 heteroatoms. The molecule has 25 heavy (non-hydrogen) atoms. The number of rotatable bonds is 7. The van der Waals surface area contributed by atoms with E-state index in [0.29, 0.717) is 31.8 Å². The molecule has 1 aliphatic heterocycles. The Bertz CT molecular complexity index is 534. The Balaban J connectivity index is 1.99. The predicted molar refractivity (Wildman–Crippen MR) is 94.4 cm³/mol. The highest BCUT2D eigenvalue weighted by Gasteiger charge is 2.35. The second-order valence-corrected chi connectivity index (χ2v) is 7.07. The summed E-state index contributed by atoms with van der Waals surface area (Å²) >= 11 is 0. The van der Waals surface area contributed by atoms with Crippen molar-refractivity contribution in [2.45, 2.75) is 64.6 Å². The van der Waals surface area contributed by atoms with Gasteiger partial charge in [-0.2, -0.15) is 0 Å². The van der Waals surface area contributed by atoms with E-state index in [1.165, 1.54) is 0 Å². The molecule has 0 radical (unpaired) electrons. The molecule has 0 saturated carbocycles. The molecule has 1 saturated heterocycles. The van der Waals surface area contributed by atoms with E-state index >= 15 is 0 Å². The van der Waals surface area contributed by atoms with Crippen LogP contribution in [0.5, 0.6) is 5.75 Å². The van der Waals surface area contributed by atoms with Crippen molar-refractivity contribution >= 4 is 6.09 Å². The van der Waals surface area contributed by atoms with E-state index in [9.17, 15) is 4.79 Å². The maximum absolute atomic E-state index is 12.1. The van der Waals surface area contributed by atoms with Gasteiger partial charge in [0.25, 0.3) is 0 Å². The van der Waals surface area contributed by atoms with Gasteiger partial charge in [-0.05, 0) is 39.3 Å². The molecule has 1 unspecified atom stereocenters. The lowest BCUT2D eigenvalue weighted by Crippen LogP contribution is -2.43. The molecule has 1 aliphatic rings. The second kappa shape index (κ2) is 8.54. The Labute approximate surface area is 149 Å². The highest BCUT2D eigenvalue weighted by molar-refractivity contribution is 5.67. The molecule has 140 valence electrons. The molecule has 1 fully saturated rings. The van der Waals surface area contributed by atoms with Gasteiger partial charge < -0.3 is 18.9 Å². The second-order valence-electron chi connectivity index (χ2n) is 7.07. The van der Waals surface area contributed by atoms with Crippen LogP contribution in [0.2, 0.25) is 0 Å². The summed E-state index contributed by atoms with van der Waals surface area (Å²) in [6.45, 7) is 8.69. The summed E-state index contributed by atoms with van der Waals surface area (Å²) in [6.07, 6.45) is 0.872. The van der Waals surface area contributed by atoms with E-state index in [2.05, 4.69) is 5.32 Å². The van der Waals surface area contributed by atoms with Crippen LogP contribution < -0.4 is 10.1 Å². The molecule has 6 nitrogen and oxygen atoms in total. The van der Waals surface area contributed by atoms with Gasteiger partial charge in [-0.3, -0.25) is 5.32 Å². The number of alkyl carbamates (subject to hydrolysis) is 1. The third kappa shape index (κ3) is 6.55. The predicted octanol–water partition coefficient (Wildman–Crippen LogP) is 3.85. The maximum Gasteiger partial charge on any atom is 0.410 e. The van der Waals surface area contributed by atoms with Crippen molar-refractivity contribution in [3.63, 3.8) is 0 Å². The first-order valence-corrected chi connectivity index (χ1v) is 8.81. The zero-order valence-electron chi connectivity index (χ0n) is 15.5. The molecule has 1 N–H and O–H groups in total. The fraction of sp³-hybridized carbons (Fsp3) is 0.632. The van der Waals surface area contributed by atoms with Gasteiger partial charge in [0.05, 0.1) is 13.2 Å². The first kappa shape index (κ1) is 19.5. The van der Waals surface area contributed by atoms with Crippen molar-refractivity contribution < 1.29 is 23.7 Å². The van der Waals surface area contributed by atoms with Crippen molar-refractivity contribution in [3.8, 4) is 5.75 Å². The van der Waals surface area contributed by atoms with Gasteiger partial charge in [-0.1, -0.05) is 25.1 Å². The van der Waals surface area contributed by atoms with Gasteiger partial charge >= 0.3 is 6.09 Å². The lowest BCUT2D eigenvalue weighted by atomic mass is 10.1. The van der Waals surface area contributed by atoms with Crippen LogP contribution >= 0.6 is 0 Å². The highest BCUT2D eigenvalue weighted by Crippen LogP contribution is 2.29. The summed E-state index contributed by atoms with van der Waals surface area (Å²) in [5.41, 5.74) is -0.566. The molecule has 1 atom stereocenters. The van der Waals surface area contributed by atoms with Crippen LogP contribution in [0.4, 0.5) is 4.79 Å². The number of benzene rings is 1. The Hall–Kier alpha value is -1.79. The number of amides is 1. The molecule has 0 aliphatic carbocycles. The molecule has 1 aromatic carbocycles. The van der Waals surface area contributed by atoms with Crippen LogP contribution in [-0.4, -0.2) is 36.9 Å². The Morgan fingerprint density at radius 1 is 1.24 bits per heavy atom. The van der Waals surface area contributed by atoms with Gasteiger partial charge in [0.2, 0.25) is 0 Å². The largest absolute Gasteiger partial charge is 0.471 e. The lowest BCUT2D eigenvalue weighted by molar-refractivity contribution is -0.167. The molecular weight excluding hydrogens is 322 g/mol. The molecule has 1 heterocycles. The minimum absolute atomic E-state index is 0.507. The van der Waals surface area contributed by atoms with Crippen LogP contribution in [0.3, 0.4) is 0 Å². The highest BCUT2D eigenvalue weighted by atomic mass is 16.7. The molecule has 1 aromatic rings. The van der Waals surface area contributed by atoms with Gasteiger partial charge in [0.1, 0.15) is 11.4 Å². The van der Waals surface area contributed by atoms with Gasteiger partial charge in [-0.25, -0.2) is 4.79 Å². The fourth-order valence-electron chi connectivity index (χ4n) is 2.64. The Morgan fingerprint density at radius 3 is 2.44 bits per heavy atom. The topological polar surface area (TPSA) is 66.0 Å². The number of hydrogen-bond donors (Lipinski definition) is 1. The van der Waals surface area contributed by atoms with E-state index in [-0.39, 0.29) is 0 Å². The summed E-state index contributed by atoms with van der Waals surface area (Å²) in [6, 6.07) is 9.38. The summed E-state index contributed by atoms with van der Waals surface area (Å²) in [5.74, 6) is 0.0934. The normalized spacial score (nSPS) is 17.8. The third-order valence-electron chi connectivity index (χ3n) is 3.84. The minimum Gasteiger partial charge on any atom is -0.471 e. The number of hydrogen-bond acceptors (Lipinski definition) is 5. The Morgan fingerprint density at radius 2 is 1.88 bits per heavy atom. The minimum atomic E-state index is -0.589. The van der Waals surface area contributed by atoms with Gasteiger partial charge in [0, 0.05) is 12.8 Å². The first-order valence-electron chi connectivity index (χ1n) is 8.81. The van der Waals surface area contributed by atoms with Crippen molar-refractivity contribution in [2.24, 2.45) is 0 Å².